The third kappa shape index (κ3) is 6.79. The van der Waals surface area contributed by atoms with E-state index in [1.165, 1.54) is 0 Å². The number of hydrogen-bond donors (Lipinski definition) is 2. The lowest BCUT2D eigenvalue weighted by atomic mass is 10.2. The van der Waals surface area contributed by atoms with Crippen LogP contribution in [0, 0.1) is 5.92 Å². The maximum atomic E-state index is 12.2. The van der Waals surface area contributed by atoms with E-state index in [4.69, 9.17) is 0 Å². The SMILES string of the molecule is CCNC(=NCC(C)C)NCCS(=O)(=O)c1ccc(Br)cc1. The van der Waals surface area contributed by atoms with Crippen molar-refractivity contribution in [2.24, 2.45) is 10.9 Å². The van der Waals surface area contributed by atoms with Gasteiger partial charge in [-0.25, -0.2) is 8.42 Å². The number of nitrogens with one attached hydrogen (secondary N) is 2. The van der Waals surface area contributed by atoms with Gasteiger partial charge in [0.05, 0.1) is 10.6 Å². The molecule has 0 atom stereocenters. The van der Waals surface area contributed by atoms with Gasteiger partial charge in [-0.05, 0) is 37.1 Å². The first-order chi connectivity index (χ1) is 10.3. The second-order valence-electron chi connectivity index (χ2n) is 5.31. The lowest BCUT2D eigenvalue weighted by Gasteiger charge is -2.12. The molecule has 5 nitrogen and oxygen atoms in total. The topological polar surface area (TPSA) is 70.6 Å². The van der Waals surface area contributed by atoms with Crippen molar-refractivity contribution in [3.63, 3.8) is 0 Å². The molecule has 0 amide bonds. The van der Waals surface area contributed by atoms with Crippen molar-refractivity contribution >= 4 is 31.7 Å². The third-order valence-electron chi connectivity index (χ3n) is 2.79. The van der Waals surface area contributed by atoms with Gasteiger partial charge in [-0.1, -0.05) is 29.8 Å². The van der Waals surface area contributed by atoms with Crippen LogP contribution in [0.5, 0.6) is 0 Å². The Labute approximate surface area is 141 Å². The number of hydrogen-bond acceptors (Lipinski definition) is 3. The summed E-state index contributed by atoms with van der Waals surface area (Å²) in [6, 6.07) is 6.68. The smallest absolute Gasteiger partial charge is 0.191 e. The van der Waals surface area contributed by atoms with Crippen LogP contribution in [0.1, 0.15) is 20.8 Å². The van der Waals surface area contributed by atoms with E-state index in [9.17, 15) is 8.42 Å². The highest BCUT2D eigenvalue weighted by molar-refractivity contribution is 9.10. The first-order valence-corrected chi connectivity index (χ1v) is 9.80. The monoisotopic (exact) mass is 389 g/mol. The summed E-state index contributed by atoms with van der Waals surface area (Å²) in [5.41, 5.74) is 0. The van der Waals surface area contributed by atoms with Crippen molar-refractivity contribution in [2.75, 3.05) is 25.4 Å². The molecule has 2 N–H and O–H groups in total. The molecule has 1 aromatic rings. The normalized spacial score (nSPS) is 12.5. The first-order valence-electron chi connectivity index (χ1n) is 7.35. The van der Waals surface area contributed by atoms with Crippen LogP contribution < -0.4 is 10.6 Å². The molecule has 0 bridgehead atoms. The van der Waals surface area contributed by atoms with Crippen LogP contribution in [0.2, 0.25) is 0 Å². The van der Waals surface area contributed by atoms with E-state index in [1.54, 1.807) is 24.3 Å². The van der Waals surface area contributed by atoms with Gasteiger partial charge >= 0.3 is 0 Å². The van der Waals surface area contributed by atoms with E-state index < -0.39 is 9.84 Å². The summed E-state index contributed by atoms with van der Waals surface area (Å²) in [7, 11) is -3.29. The van der Waals surface area contributed by atoms with Crippen LogP contribution in [-0.4, -0.2) is 39.8 Å². The molecule has 0 aromatic heterocycles. The van der Waals surface area contributed by atoms with Crippen molar-refractivity contribution < 1.29 is 8.42 Å². The number of nitrogens with zero attached hydrogens (tertiary/aromatic N) is 1. The Hall–Kier alpha value is -1.08. The predicted molar refractivity (Wildman–Crippen MR) is 95.0 cm³/mol. The Morgan fingerprint density at radius 1 is 1.23 bits per heavy atom. The van der Waals surface area contributed by atoms with E-state index in [0.29, 0.717) is 29.9 Å². The van der Waals surface area contributed by atoms with Crippen LogP contribution in [-0.2, 0) is 9.84 Å². The molecule has 1 rings (SSSR count). The molecule has 0 aliphatic carbocycles. The number of sulfone groups is 1. The molecule has 0 spiro atoms. The molecule has 1 aromatic carbocycles. The summed E-state index contributed by atoms with van der Waals surface area (Å²) >= 11 is 3.30. The average molecular weight is 390 g/mol. The second kappa shape index (κ2) is 9.15. The van der Waals surface area contributed by atoms with Gasteiger partial charge < -0.3 is 10.6 Å². The van der Waals surface area contributed by atoms with Crippen LogP contribution in [0.25, 0.3) is 0 Å². The maximum Gasteiger partial charge on any atom is 0.191 e. The van der Waals surface area contributed by atoms with Gasteiger partial charge in [-0.15, -0.1) is 0 Å². The number of rotatable bonds is 7. The molecular formula is C15H24BrN3O2S. The summed E-state index contributed by atoms with van der Waals surface area (Å²) in [5.74, 6) is 1.14. The number of halogens is 1. The maximum absolute atomic E-state index is 12.2. The van der Waals surface area contributed by atoms with Crippen molar-refractivity contribution in [2.45, 2.75) is 25.7 Å². The fourth-order valence-corrected chi connectivity index (χ4v) is 3.10. The van der Waals surface area contributed by atoms with Gasteiger partial charge in [-0.2, -0.15) is 0 Å². The molecule has 0 saturated carbocycles. The van der Waals surface area contributed by atoms with Crippen molar-refractivity contribution in [3.8, 4) is 0 Å². The first kappa shape index (κ1) is 19.0. The number of guanidine groups is 1. The molecule has 0 unspecified atom stereocenters. The Morgan fingerprint density at radius 3 is 2.41 bits per heavy atom. The minimum absolute atomic E-state index is 0.0285. The zero-order valence-corrected chi connectivity index (χ0v) is 15.7. The summed E-state index contributed by atoms with van der Waals surface area (Å²) in [4.78, 5) is 4.75. The highest BCUT2D eigenvalue weighted by atomic mass is 79.9. The third-order valence-corrected chi connectivity index (χ3v) is 5.06. The molecule has 0 saturated heterocycles. The molecule has 0 aliphatic heterocycles. The van der Waals surface area contributed by atoms with Gasteiger partial charge in [0.1, 0.15) is 0 Å². The number of aliphatic imine (C=N–C) groups is 1. The van der Waals surface area contributed by atoms with Crippen LogP contribution in [0.15, 0.2) is 38.6 Å². The summed E-state index contributed by atoms with van der Waals surface area (Å²) < 4.78 is 25.3. The Balaban J connectivity index is 2.60. The lowest BCUT2D eigenvalue weighted by Crippen LogP contribution is -2.39. The van der Waals surface area contributed by atoms with E-state index in [-0.39, 0.29) is 5.75 Å². The Bertz CT molecular complexity index is 583. The standard InChI is InChI=1S/C15H24BrN3O2S/c1-4-17-15(19-11-12(2)3)18-9-10-22(20,21)14-7-5-13(16)6-8-14/h5-8,12H,4,9-11H2,1-3H3,(H2,17,18,19). The molecule has 0 fully saturated rings. The molecule has 7 heteroatoms. The molecule has 22 heavy (non-hydrogen) atoms. The summed E-state index contributed by atoms with van der Waals surface area (Å²) in [5, 5.41) is 6.17. The fourth-order valence-electron chi connectivity index (χ4n) is 1.68. The summed E-state index contributed by atoms with van der Waals surface area (Å²) in [6.07, 6.45) is 0. The quantitative estimate of drug-likeness (QED) is 0.554. The largest absolute Gasteiger partial charge is 0.357 e. The van der Waals surface area contributed by atoms with Gasteiger partial charge in [0, 0.05) is 24.1 Å². The van der Waals surface area contributed by atoms with E-state index in [0.717, 1.165) is 11.0 Å². The summed E-state index contributed by atoms with van der Waals surface area (Å²) in [6.45, 7) is 7.92. The zero-order valence-electron chi connectivity index (χ0n) is 13.3. The van der Waals surface area contributed by atoms with Crippen molar-refractivity contribution in [3.05, 3.63) is 28.7 Å². The van der Waals surface area contributed by atoms with E-state index in [1.807, 2.05) is 6.92 Å². The van der Waals surface area contributed by atoms with Gasteiger partial charge in [0.2, 0.25) is 0 Å². The van der Waals surface area contributed by atoms with Gasteiger partial charge in [0.25, 0.3) is 0 Å². The molecular weight excluding hydrogens is 366 g/mol. The molecule has 0 radical (unpaired) electrons. The Kier molecular flexibility index (Phi) is 7.89. The fraction of sp³-hybridized carbons (Fsp3) is 0.533. The van der Waals surface area contributed by atoms with Crippen molar-refractivity contribution in [1.82, 2.24) is 10.6 Å². The predicted octanol–water partition coefficient (Wildman–Crippen LogP) is 2.43. The minimum atomic E-state index is -3.29. The van der Waals surface area contributed by atoms with Crippen LogP contribution in [0.3, 0.4) is 0 Å². The lowest BCUT2D eigenvalue weighted by molar-refractivity contribution is 0.594. The van der Waals surface area contributed by atoms with Crippen LogP contribution >= 0.6 is 15.9 Å². The second-order valence-corrected chi connectivity index (χ2v) is 8.34. The average Bonchev–Trinajstić information content (AvgIpc) is 2.45. The van der Waals surface area contributed by atoms with Crippen LogP contribution in [0.4, 0.5) is 0 Å². The number of benzene rings is 1. The Morgan fingerprint density at radius 2 is 1.86 bits per heavy atom. The molecule has 0 heterocycles. The highest BCUT2D eigenvalue weighted by Crippen LogP contribution is 2.15. The van der Waals surface area contributed by atoms with Crippen molar-refractivity contribution in [1.29, 1.82) is 0 Å². The van der Waals surface area contributed by atoms with E-state index >= 15 is 0 Å². The highest BCUT2D eigenvalue weighted by Gasteiger charge is 2.14. The van der Waals surface area contributed by atoms with Gasteiger partial charge in [0.15, 0.2) is 15.8 Å². The molecule has 124 valence electrons. The zero-order chi connectivity index (χ0) is 16.6. The minimum Gasteiger partial charge on any atom is -0.357 e. The van der Waals surface area contributed by atoms with Gasteiger partial charge in [-0.3, -0.25) is 4.99 Å². The molecule has 0 aliphatic rings. The van der Waals surface area contributed by atoms with E-state index in [2.05, 4.69) is 45.4 Å².